The van der Waals surface area contributed by atoms with Crippen molar-refractivity contribution in [2.45, 2.75) is 52.2 Å². The fourth-order valence-corrected chi connectivity index (χ4v) is 3.53. The summed E-state index contributed by atoms with van der Waals surface area (Å²) in [5.41, 5.74) is 6.64. The van der Waals surface area contributed by atoms with Crippen molar-refractivity contribution in [1.82, 2.24) is 14.7 Å². The molecule has 22 heavy (non-hydrogen) atoms. The van der Waals surface area contributed by atoms with Crippen molar-refractivity contribution < 1.29 is 9.53 Å². The van der Waals surface area contributed by atoms with Crippen LogP contribution in [0.3, 0.4) is 0 Å². The van der Waals surface area contributed by atoms with Gasteiger partial charge in [0, 0.05) is 36.8 Å². The van der Waals surface area contributed by atoms with Crippen LogP contribution in [-0.2, 0) is 4.74 Å². The maximum atomic E-state index is 12.1. The average Bonchev–Trinajstić information content (AvgIpc) is 2.74. The molecule has 0 bridgehead atoms. The van der Waals surface area contributed by atoms with E-state index in [9.17, 15) is 4.79 Å². The number of rotatable bonds is 2. The molecule has 1 saturated carbocycles. The number of hydrogen-bond donors (Lipinski definition) is 1. The molecule has 1 aliphatic carbocycles. The number of piperidine rings is 1. The Bertz CT molecular complexity index is 575. The maximum Gasteiger partial charge on any atom is 0.410 e. The van der Waals surface area contributed by atoms with Gasteiger partial charge in [-0.05, 0) is 46.5 Å². The number of hydrogen-bond acceptors (Lipinski definition) is 4. The first-order valence-corrected chi connectivity index (χ1v) is 8.00. The fourth-order valence-electron chi connectivity index (χ4n) is 3.53. The highest BCUT2D eigenvalue weighted by atomic mass is 16.6. The molecule has 2 atom stereocenters. The quantitative estimate of drug-likeness (QED) is 0.911. The van der Waals surface area contributed by atoms with Gasteiger partial charge in [-0.1, -0.05) is 0 Å². The second kappa shape index (κ2) is 4.89. The molecule has 0 radical (unpaired) electrons. The van der Waals surface area contributed by atoms with Gasteiger partial charge in [0.1, 0.15) is 11.4 Å². The summed E-state index contributed by atoms with van der Waals surface area (Å²) in [7, 11) is 0. The third kappa shape index (κ3) is 2.66. The van der Waals surface area contributed by atoms with Gasteiger partial charge in [0.2, 0.25) is 0 Å². The first-order valence-electron chi connectivity index (χ1n) is 8.00. The van der Waals surface area contributed by atoms with Crippen molar-refractivity contribution in [2.75, 3.05) is 18.8 Å². The van der Waals surface area contributed by atoms with E-state index in [1.165, 1.54) is 5.69 Å². The zero-order valence-electron chi connectivity index (χ0n) is 14.0. The van der Waals surface area contributed by atoms with Crippen molar-refractivity contribution in [2.24, 2.45) is 11.8 Å². The highest BCUT2D eigenvalue weighted by Crippen LogP contribution is 2.58. The van der Waals surface area contributed by atoms with Gasteiger partial charge >= 0.3 is 6.09 Å². The standard InChI is InChI=1S/C16H26N4O2/c1-9(2)20-12(6-13(17)18-20)14-10-7-19(8-11(10)14)15(21)22-16(3,4)5/h6,9-11,14H,7-8H2,1-5H3,(H2,17,18). The molecular formula is C16H26N4O2. The van der Waals surface area contributed by atoms with E-state index >= 15 is 0 Å². The zero-order chi connectivity index (χ0) is 16.2. The Morgan fingerprint density at radius 2 is 1.95 bits per heavy atom. The average molecular weight is 306 g/mol. The Labute approximate surface area is 131 Å². The van der Waals surface area contributed by atoms with Crippen molar-refractivity contribution in [3.8, 4) is 0 Å². The van der Waals surface area contributed by atoms with Crippen LogP contribution in [0.2, 0.25) is 0 Å². The van der Waals surface area contributed by atoms with Crippen molar-refractivity contribution >= 4 is 11.9 Å². The summed E-state index contributed by atoms with van der Waals surface area (Å²) in [5, 5.41) is 4.39. The Morgan fingerprint density at radius 3 is 2.45 bits per heavy atom. The lowest BCUT2D eigenvalue weighted by Crippen LogP contribution is -2.37. The second-order valence-electron chi connectivity index (χ2n) is 7.77. The van der Waals surface area contributed by atoms with Gasteiger partial charge in [-0.3, -0.25) is 4.68 Å². The van der Waals surface area contributed by atoms with Crippen molar-refractivity contribution in [1.29, 1.82) is 0 Å². The van der Waals surface area contributed by atoms with Gasteiger partial charge in [0.25, 0.3) is 0 Å². The van der Waals surface area contributed by atoms with Crippen LogP contribution in [0.15, 0.2) is 6.07 Å². The van der Waals surface area contributed by atoms with Gasteiger partial charge in [-0.25, -0.2) is 4.79 Å². The molecule has 2 heterocycles. The van der Waals surface area contributed by atoms with Crippen molar-refractivity contribution in [3.05, 3.63) is 11.8 Å². The summed E-state index contributed by atoms with van der Waals surface area (Å²) in [6.45, 7) is 11.5. The topological polar surface area (TPSA) is 73.4 Å². The number of aromatic nitrogens is 2. The monoisotopic (exact) mass is 306 g/mol. The van der Waals surface area contributed by atoms with E-state index in [1.807, 2.05) is 36.4 Å². The lowest BCUT2D eigenvalue weighted by molar-refractivity contribution is 0.0270. The zero-order valence-corrected chi connectivity index (χ0v) is 14.0. The number of carbonyl (C=O) groups excluding carboxylic acids is 1. The fraction of sp³-hybridized carbons (Fsp3) is 0.750. The lowest BCUT2D eigenvalue weighted by atomic mass is 10.2. The molecule has 1 aromatic rings. The predicted octanol–water partition coefficient (Wildman–Crippen LogP) is 2.63. The molecule has 2 fully saturated rings. The second-order valence-corrected chi connectivity index (χ2v) is 7.77. The van der Waals surface area contributed by atoms with E-state index in [0.29, 0.717) is 29.6 Å². The Morgan fingerprint density at radius 1 is 1.36 bits per heavy atom. The smallest absolute Gasteiger partial charge is 0.410 e. The molecule has 6 heteroatoms. The molecule has 1 aromatic heterocycles. The molecule has 2 aliphatic rings. The number of nitrogens with zero attached hydrogens (tertiary/aromatic N) is 3. The molecule has 1 amide bonds. The van der Waals surface area contributed by atoms with Gasteiger partial charge in [0.05, 0.1) is 0 Å². The van der Waals surface area contributed by atoms with Crippen LogP contribution >= 0.6 is 0 Å². The molecule has 3 rings (SSSR count). The van der Waals surface area contributed by atoms with E-state index in [2.05, 4.69) is 18.9 Å². The summed E-state index contributed by atoms with van der Waals surface area (Å²) in [4.78, 5) is 13.9. The molecule has 2 N–H and O–H groups in total. The molecule has 0 aromatic carbocycles. The van der Waals surface area contributed by atoms with Gasteiger partial charge in [0.15, 0.2) is 0 Å². The molecular weight excluding hydrogens is 280 g/mol. The Kier molecular flexibility index (Phi) is 3.38. The summed E-state index contributed by atoms with van der Waals surface area (Å²) >= 11 is 0. The lowest BCUT2D eigenvalue weighted by Gasteiger charge is -2.26. The normalized spacial score (nSPS) is 27.2. The van der Waals surface area contributed by atoms with Gasteiger partial charge in [-0.15, -0.1) is 0 Å². The van der Waals surface area contributed by atoms with Crippen LogP contribution in [-0.4, -0.2) is 39.5 Å². The summed E-state index contributed by atoms with van der Waals surface area (Å²) in [6, 6.07) is 2.29. The number of nitrogens with two attached hydrogens (primary N) is 1. The largest absolute Gasteiger partial charge is 0.444 e. The number of fused-ring (bicyclic) bond motifs is 1. The number of ether oxygens (including phenoxy) is 1. The molecule has 2 unspecified atom stereocenters. The van der Waals surface area contributed by atoms with Crippen LogP contribution in [0, 0.1) is 11.8 Å². The van der Waals surface area contributed by atoms with Crippen LogP contribution in [0.1, 0.15) is 52.3 Å². The van der Waals surface area contributed by atoms with Crippen LogP contribution < -0.4 is 5.73 Å². The van der Waals surface area contributed by atoms with Crippen LogP contribution in [0.5, 0.6) is 0 Å². The van der Waals surface area contributed by atoms with E-state index < -0.39 is 5.60 Å². The molecule has 0 spiro atoms. The molecule has 122 valence electrons. The third-order valence-corrected chi connectivity index (χ3v) is 4.46. The van der Waals surface area contributed by atoms with Crippen LogP contribution in [0.25, 0.3) is 0 Å². The van der Waals surface area contributed by atoms with E-state index in [-0.39, 0.29) is 6.09 Å². The molecule has 1 saturated heterocycles. The van der Waals surface area contributed by atoms with E-state index in [4.69, 9.17) is 10.5 Å². The molecule has 6 nitrogen and oxygen atoms in total. The molecule has 1 aliphatic heterocycles. The Balaban J connectivity index is 1.65. The van der Waals surface area contributed by atoms with Gasteiger partial charge < -0.3 is 15.4 Å². The highest BCUT2D eigenvalue weighted by Gasteiger charge is 2.59. The summed E-state index contributed by atoms with van der Waals surface area (Å²) in [5.74, 6) is 2.09. The van der Waals surface area contributed by atoms with Crippen molar-refractivity contribution in [3.63, 3.8) is 0 Å². The van der Waals surface area contributed by atoms with Crippen LogP contribution in [0.4, 0.5) is 10.6 Å². The number of likely N-dealkylation sites (tertiary alicyclic amines) is 1. The minimum Gasteiger partial charge on any atom is -0.444 e. The minimum atomic E-state index is -0.437. The third-order valence-electron chi connectivity index (χ3n) is 4.46. The predicted molar refractivity (Wildman–Crippen MR) is 84.6 cm³/mol. The summed E-state index contributed by atoms with van der Waals surface area (Å²) in [6.07, 6.45) is -0.199. The first kappa shape index (κ1) is 15.2. The maximum absolute atomic E-state index is 12.1. The number of nitrogen functional groups attached to an aromatic ring is 1. The first-order chi connectivity index (χ1) is 10.2. The van der Waals surface area contributed by atoms with Gasteiger partial charge in [-0.2, -0.15) is 5.10 Å². The van der Waals surface area contributed by atoms with E-state index in [0.717, 1.165) is 13.1 Å². The SMILES string of the molecule is CC(C)n1nc(N)cc1C1C2CN(C(=O)OC(C)(C)C)CC21. The number of carbonyl (C=O) groups is 1. The summed E-state index contributed by atoms with van der Waals surface area (Å²) < 4.78 is 7.47. The number of anilines is 1. The minimum absolute atomic E-state index is 0.199. The van der Waals surface area contributed by atoms with E-state index in [1.54, 1.807) is 0 Å². The highest BCUT2D eigenvalue weighted by molar-refractivity contribution is 5.69. The number of amides is 1. The Hall–Kier alpha value is -1.72.